The normalized spacial score (nSPS) is 18.3. The van der Waals surface area contributed by atoms with Crippen LogP contribution in [0.5, 0.6) is 0 Å². The lowest BCUT2D eigenvalue weighted by Gasteiger charge is -2.28. The fourth-order valence-corrected chi connectivity index (χ4v) is 3.12. The molecule has 2 rings (SSSR count). The van der Waals surface area contributed by atoms with Gasteiger partial charge in [0, 0.05) is 26.4 Å². The molecular weight excluding hydrogens is 340 g/mol. The summed E-state index contributed by atoms with van der Waals surface area (Å²) < 4.78 is 28.4. The van der Waals surface area contributed by atoms with Gasteiger partial charge < -0.3 is 15.1 Å². The second-order valence-corrected chi connectivity index (χ2v) is 9.76. The third-order valence-electron chi connectivity index (χ3n) is 4.82. The van der Waals surface area contributed by atoms with Crippen LogP contribution in [0, 0.1) is 0 Å². The molecule has 0 aliphatic carbocycles. The third-order valence-corrected chi connectivity index (χ3v) is 6.98. The number of likely N-dealkylation sites (tertiary alicyclic amines) is 1. The van der Waals surface area contributed by atoms with Crippen LogP contribution in [0.2, 0.25) is 0 Å². The van der Waals surface area contributed by atoms with E-state index >= 15 is 0 Å². The van der Waals surface area contributed by atoms with Gasteiger partial charge in [-0.2, -0.15) is 0 Å². The Morgan fingerprint density at radius 3 is 2.56 bits per heavy atom. The predicted octanol–water partition coefficient (Wildman–Crippen LogP) is 1.40. The maximum atomic E-state index is 11.8. The van der Waals surface area contributed by atoms with Crippen molar-refractivity contribution in [2.75, 3.05) is 39.5 Å². The molecule has 0 spiro atoms. The Morgan fingerprint density at radius 2 is 2.04 bits per heavy atom. The minimum absolute atomic E-state index is 0.138. The highest BCUT2D eigenvalue weighted by atomic mass is 32.2. The van der Waals surface area contributed by atoms with Crippen molar-refractivity contribution in [3.05, 3.63) is 24.2 Å². The molecule has 0 bridgehead atoms. The monoisotopic (exact) mass is 370 g/mol. The molecule has 0 saturated carbocycles. The van der Waals surface area contributed by atoms with Gasteiger partial charge in [0.05, 0.1) is 17.1 Å². The molecule has 25 heavy (non-hydrogen) atoms. The number of sulfone groups is 1. The maximum absolute atomic E-state index is 11.8. The zero-order valence-electron chi connectivity index (χ0n) is 15.6. The molecule has 142 valence electrons. The fourth-order valence-electron chi connectivity index (χ4n) is 2.79. The number of hydrogen-bond donors (Lipinski definition) is 2. The summed E-state index contributed by atoms with van der Waals surface area (Å²) in [6.45, 7) is 6.46. The predicted molar refractivity (Wildman–Crippen MR) is 101 cm³/mol. The van der Waals surface area contributed by atoms with Crippen molar-refractivity contribution in [1.82, 2.24) is 15.5 Å². The number of aliphatic imine (C=N–C) groups is 1. The van der Waals surface area contributed by atoms with Gasteiger partial charge in [0.25, 0.3) is 0 Å². The molecule has 1 atom stereocenters. The molecule has 2 N–H and O–H groups in total. The molecule has 0 amide bonds. The lowest BCUT2D eigenvalue weighted by atomic mass is 10.2. The Morgan fingerprint density at radius 1 is 1.36 bits per heavy atom. The summed E-state index contributed by atoms with van der Waals surface area (Å²) in [5.41, 5.74) is 0. The number of nitrogens with zero attached hydrogens (tertiary/aromatic N) is 2. The highest BCUT2D eigenvalue weighted by Gasteiger charge is 2.30. The van der Waals surface area contributed by atoms with E-state index in [9.17, 15) is 8.42 Å². The van der Waals surface area contributed by atoms with E-state index in [1.165, 1.54) is 19.1 Å². The Balaban J connectivity index is 1.96. The Bertz CT molecular complexity index is 662. The van der Waals surface area contributed by atoms with Crippen molar-refractivity contribution in [3.63, 3.8) is 0 Å². The van der Waals surface area contributed by atoms with E-state index in [0.717, 1.165) is 18.8 Å². The Kier molecular flexibility index (Phi) is 6.51. The van der Waals surface area contributed by atoms with Crippen LogP contribution in [0.3, 0.4) is 0 Å². The summed E-state index contributed by atoms with van der Waals surface area (Å²) in [7, 11) is -1.47. The highest BCUT2D eigenvalue weighted by Crippen LogP contribution is 2.24. The van der Waals surface area contributed by atoms with E-state index in [1.54, 1.807) is 27.2 Å². The molecule has 1 aromatic rings. The average molecular weight is 371 g/mol. The summed E-state index contributed by atoms with van der Waals surface area (Å²) in [5, 5.41) is 6.42. The maximum Gasteiger partial charge on any atom is 0.191 e. The molecule has 8 heteroatoms. The largest absolute Gasteiger partial charge is 0.468 e. The van der Waals surface area contributed by atoms with Crippen molar-refractivity contribution < 1.29 is 12.8 Å². The van der Waals surface area contributed by atoms with Crippen molar-refractivity contribution in [2.24, 2.45) is 4.99 Å². The average Bonchev–Trinajstić information content (AvgIpc) is 3.23. The van der Waals surface area contributed by atoms with Crippen LogP contribution in [-0.4, -0.2) is 63.5 Å². The second kappa shape index (κ2) is 8.23. The van der Waals surface area contributed by atoms with Gasteiger partial charge >= 0.3 is 0 Å². The molecule has 2 heterocycles. The molecule has 1 aromatic heterocycles. The van der Waals surface area contributed by atoms with Gasteiger partial charge in [-0.15, -0.1) is 0 Å². The molecule has 1 fully saturated rings. The van der Waals surface area contributed by atoms with Gasteiger partial charge in [-0.25, -0.2) is 8.42 Å². The molecule has 1 unspecified atom stereocenters. The summed E-state index contributed by atoms with van der Waals surface area (Å²) >= 11 is 0. The number of hydrogen-bond acceptors (Lipinski definition) is 5. The second-order valence-electron chi connectivity index (χ2n) is 7.11. The zero-order chi connectivity index (χ0) is 18.5. The van der Waals surface area contributed by atoms with E-state index in [1.807, 2.05) is 12.1 Å². The van der Waals surface area contributed by atoms with E-state index in [0.29, 0.717) is 19.0 Å². The van der Waals surface area contributed by atoms with Gasteiger partial charge in [-0.1, -0.05) is 0 Å². The van der Waals surface area contributed by atoms with E-state index in [2.05, 4.69) is 20.5 Å². The Labute approximate surface area is 150 Å². The van der Waals surface area contributed by atoms with E-state index in [4.69, 9.17) is 4.42 Å². The van der Waals surface area contributed by atoms with Crippen molar-refractivity contribution in [2.45, 2.75) is 37.5 Å². The first kappa shape index (κ1) is 19.8. The first-order valence-corrected chi connectivity index (χ1v) is 10.6. The van der Waals surface area contributed by atoms with Crippen molar-refractivity contribution in [1.29, 1.82) is 0 Å². The summed E-state index contributed by atoms with van der Waals surface area (Å²) in [4.78, 5) is 6.61. The zero-order valence-corrected chi connectivity index (χ0v) is 16.4. The summed E-state index contributed by atoms with van der Waals surface area (Å²) in [6.07, 6.45) is 5.35. The highest BCUT2D eigenvalue weighted by molar-refractivity contribution is 7.92. The van der Waals surface area contributed by atoms with Crippen LogP contribution in [0.15, 0.2) is 27.8 Å². The molecular formula is C17H30N4O3S. The number of furan rings is 1. The Hall–Kier alpha value is -1.54. The minimum Gasteiger partial charge on any atom is -0.468 e. The lowest BCUT2D eigenvalue weighted by molar-refractivity contribution is 0.215. The van der Waals surface area contributed by atoms with Crippen LogP contribution in [0.4, 0.5) is 0 Å². The van der Waals surface area contributed by atoms with Crippen LogP contribution < -0.4 is 10.6 Å². The number of rotatable bonds is 7. The molecule has 1 aliphatic heterocycles. The smallest absolute Gasteiger partial charge is 0.191 e. The third kappa shape index (κ3) is 5.22. The first-order valence-electron chi connectivity index (χ1n) is 8.66. The topological polar surface area (TPSA) is 86.9 Å². The van der Waals surface area contributed by atoms with Gasteiger partial charge in [0.2, 0.25) is 0 Å². The summed E-state index contributed by atoms with van der Waals surface area (Å²) in [5.74, 6) is 1.52. The molecule has 0 aromatic carbocycles. The van der Waals surface area contributed by atoms with Crippen LogP contribution in [0.1, 0.15) is 38.5 Å². The van der Waals surface area contributed by atoms with Gasteiger partial charge in [0.1, 0.15) is 5.76 Å². The molecule has 7 nitrogen and oxygen atoms in total. The fraction of sp³-hybridized carbons (Fsp3) is 0.706. The van der Waals surface area contributed by atoms with Crippen molar-refractivity contribution >= 4 is 15.8 Å². The van der Waals surface area contributed by atoms with Crippen LogP contribution in [0.25, 0.3) is 0 Å². The molecule has 0 radical (unpaired) electrons. The van der Waals surface area contributed by atoms with Gasteiger partial charge in [-0.3, -0.25) is 9.89 Å². The van der Waals surface area contributed by atoms with E-state index < -0.39 is 14.6 Å². The standard InChI is InChI=1S/C17H30N4O3S/c1-17(2,25(4,22)23)13-20-16(18-3)19-12-14(15-8-7-11-24-15)21-9-5-6-10-21/h7-8,11,14H,5-6,9-10,12-13H2,1-4H3,(H2,18,19,20). The van der Waals surface area contributed by atoms with Crippen molar-refractivity contribution in [3.8, 4) is 0 Å². The molecule has 1 saturated heterocycles. The number of guanidine groups is 1. The molecule has 1 aliphatic rings. The summed E-state index contributed by atoms with van der Waals surface area (Å²) in [6, 6.07) is 4.03. The minimum atomic E-state index is -3.15. The van der Waals surface area contributed by atoms with Gasteiger partial charge in [-0.05, 0) is 51.9 Å². The first-order chi connectivity index (χ1) is 11.7. The number of nitrogens with one attached hydrogen (secondary N) is 2. The SMILES string of the molecule is CN=C(NCC(c1ccco1)N1CCCC1)NCC(C)(C)S(C)(=O)=O. The van der Waals surface area contributed by atoms with Crippen LogP contribution in [-0.2, 0) is 9.84 Å². The quantitative estimate of drug-likeness (QED) is 0.557. The van der Waals surface area contributed by atoms with E-state index in [-0.39, 0.29) is 6.04 Å². The van der Waals surface area contributed by atoms with Crippen LogP contribution >= 0.6 is 0 Å². The lowest BCUT2D eigenvalue weighted by Crippen LogP contribution is -2.49. The van der Waals surface area contributed by atoms with Gasteiger partial charge in [0.15, 0.2) is 15.8 Å².